The molecule has 0 rings (SSSR count). The zero-order chi connectivity index (χ0) is 14.1. The summed E-state index contributed by atoms with van der Waals surface area (Å²) < 4.78 is 0. The summed E-state index contributed by atoms with van der Waals surface area (Å²) in [6.07, 6.45) is -0.0860. The number of hydrogen-bond donors (Lipinski definition) is 3. The van der Waals surface area contributed by atoms with Crippen molar-refractivity contribution in [2.75, 3.05) is 19.6 Å². The summed E-state index contributed by atoms with van der Waals surface area (Å²) in [6.45, 7) is 5.86. The Balaban J connectivity index is 4.06. The van der Waals surface area contributed by atoms with E-state index in [1.54, 1.807) is 0 Å². The van der Waals surface area contributed by atoms with E-state index in [-0.39, 0.29) is 30.9 Å². The molecule has 0 bridgehead atoms. The Morgan fingerprint density at radius 2 is 1.72 bits per heavy atom. The molecular formula is C11H21N3O4. The Bertz CT molecular complexity index is 305. The van der Waals surface area contributed by atoms with Gasteiger partial charge >= 0.3 is 12.0 Å². The van der Waals surface area contributed by atoms with Crippen molar-refractivity contribution < 1.29 is 19.5 Å². The van der Waals surface area contributed by atoms with Gasteiger partial charge in [0.1, 0.15) is 0 Å². The fraction of sp³-hybridized carbons (Fsp3) is 0.727. The van der Waals surface area contributed by atoms with Crippen LogP contribution >= 0.6 is 0 Å². The van der Waals surface area contributed by atoms with Crippen LogP contribution in [0.1, 0.15) is 27.2 Å². The molecule has 0 unspecified atom stereocenters. The van der Waals surface area contributed by atoms with Crippen molar-refractivity contribution in [2.24, 2.45) is 0 Å². The fourth-order valence-electron chi connectivity index (χ4n) is 1.32. The minimum atomic E-state index is -0.938. The lowest BCUT2D eigenvalue weighted by atomic mass is 10.3. The predicted octanol–water partition coefficient (Wildman–Crippen LogP) is 0.0172. The Kier molecular flexibility index (Phi) is 7.50. The van der Waals surface area contributed by atoms with Gasteiger partial charge in [0.15, 0.2) is 0 Å². The van der Waals surface area contributed by atoms with Crippen LogP contribution < -0.4 is 10.6 Å². The maximum absolute atomic E-state index is 11.8. The lowest BCUT2D eigenvalue weighted by Gasteiger charge is -2.26. The maximum atomic E-state index is 11.8. The molecule has 0 aromatic heterocycles. The molecule has 0 atom stereocenters. The number of rotatable bonds is 7. The lowest BCUT2D eigenvalue weighted by Crippen LogP contribution is -2.46. The number of hydrogen-bond acceptors (Lipinski definition) is 3. The van der Waals surface area contributed by atoms with E-state index in [2.05, 4.69) is 10.6 Å². The van der Waals surface area contributed by atoms with Crippen LogP contribution in [0.25, 0.3) is 0 Å². The van der Waals surface area contributed by atoms with Gasteiger partial charge in [-0.15, -0.1) is 0 Å². The average Bonchev–Trinajstić information content (AvgIpc) is 2.23. The second-order valence-electron chi connectivity index (χ2n) is 4.15. The number of amides is 3. The summed E-state index contributed by atoms with van der Waals surface area (Å²) >= 11 is 0. The van der Waals surface area contributed by atoms with Crippen LogP contribution in [0.4, 0.5) is 4.79 Å². The second kappa shape index (κ2) is 8.32. The molecule has 0 fully saturated rings. The van der Waals surface area contributed by atoms with E-state index in [1.807, 2.05) is 13.8 Å². The summed E-state index contributed by atoms with van der Waals surface area (Å²) in [7, 11) is 0. The van der Waals surface area contributed by atoms with Gasteiger partial charge < -0.3 is 20.6 Å². The number of carboxylic acids is 1. The van der Waals surface area contributed by atoms with Gasteiger partial charge in [-0.25, -0.2) is 4.79 Å². The molecule has 7 heteroatoms. The van der Waals surface area contributed by atoms with Gasteiger partial charge in [0.25, 0.3) is 0 Å². The standard InChI is InChI=1S/C11H21N3O4/c1-8(2)14(7-4-10(16)17)11(18)13-6-5-12-9(3)15/h8H,4-7H2,1-3H3,(H,12,15)(H,13,18)(H,16,17). The SMILES string of the molecule is CC(=O)NCCNC(=O)N(CCC(=O)O)C(C)C. The highest BCUT2D eigenvalue weighted by Crippen LogP contribution is 2.00. The largest absolute Gasteiger partial charge is 0.481 e. The average molecular weight is 259 g/mol. The monoisotopic (exact) mass is 259 g/mol. The number of carbonyl (C=O) groups excluding carboxylic acids is 2. The molecule has 0 heterocycles. The van der Waals surface area contributed by atoms with E-state index >= 15 is 0 Å². The molecule has 18 heavy (non-hydrogen) atoms. The third-order valence-electron chi connectivity index (χ3n) is 2.23. The van der Waals surface area contributed by atoms with E-state index in [9.17, 15) is 14.4 Å². The molecule has 0 aliphatic rings. The first kappa shape index (κ1) is 16.2. The van der Waals surface area contributed by atoms with Crippen LogP contribution in [0, 0.1) is 0 Å². The van der Waals surface area contributed by atoms with Gasteiger partial charge in [-0.2, -0.15) is 0 Å². The van der Waals surface area contributed by atoms with E-state index in [4.69, 9.17) is 5.11 Å². The minimum Gasteiger partial charge on any atom is -0.481 e. The van der Waals surface area contributed by atoms with Gasteiger partial charge in [-0.1, -0.05) is 0 Å². The molecule has 0 aromatic rings. The minimum absolute atomic E-state index is 0.0786. The van der Waals surface area contributed by atoms with Gasteiger partial charge in [-0.05, 0) is 13.8 Å². The highest BCUT2D eigenvalue weighted by molar-refractivity contribution is 5.76. The Labute approximate surface area is 107 Å². The highest BCUT2D eigenvalue weighted by Gasteiger charge is 2.17. The van der Waals surface area contributed by atoms with Crippen molar-refractivity contribution in [3.05, 3.63) is 0 Å². The van der Waals surface area contributed by atoms with Gasteiger partial charge in [0, 0.05) is 32.6 Å². The van der Waals surface area contributed by atoms with Crippen LogP contribution in [-0.2, 0) is 9.59 Å². The molecule has 0 aromatic carbocycles. The van der Waals surface area contributed by atoms with E-state index in [0.717, 1.165) is 0 Å². The third kappa shape index (κ3) is 7.48. The second-order valence-corrected chi connectivity index (χ2v) is 4.15. The molecule has 3 N–H and O–H groups in total. The molecule has 0 saturated heterocycles. The normalized spacial score (nSPS) is 10.0. The van der Waals surface area contributed by atoms with Crippen molar-refractivity contribution in [1.82, 2.24) is 15.5 Å². The summed E-state index contributed by atoms with van der Waals surface area (Å²) in [5.41, 5.74) is 0. The first-order chi connectivity index (χ1) is 8.34. The summed E-state index contributed by atoms with van der Waals surface area (Å²) in [6, 6.07) is -0.401. The van der Waals surface area contributed by atoms with Crippen LogP contribution in [0.5, 0.6) is 0 Å². The van der Waals surface area contributed by atoms with Gasteiger partial charge in [0.2, 0.25) is 5.91 Å². The third-order valence-corrected chi connectivity index (χ3v) is 2.23. The number of nitrogens with one attached hydrogen (secondary N) is 2. The number of aliphatic carboxylic acids is 1. The molecular weight excluding hydrogens is 238 g/mol. The first-order valence-corrected chi connectivity index (χ1v) is 5.85. The molecule has 3 amide bonds. The zero-order valence-corrected chi connectivity index (χ0v) is 11.0. The molecule has 0 spiro atoms. The van der Waals surface area contributed by atoms with E-state index in [1.165, 1.54) is 11.8 Å². The lowest BCUT2D eigenvalue weighted by molar-refractivity contribution is -0.137. The number of urea groups is 1. The van der Waals surface area contributed by atoms with E-state index in [0.29, 0.717) is 13.1 Å². The van der Waals surface area contributed by atoms with Crippen LogP contribution in [0.3, 0.4) is 0 Å². The van der Waals surface area contributed by atoms with Crippen molar-refractivity contribution in [2.45, 2.75) is 33.2 Å². The topological polar surface area (TPSA) is 98.7 Å². The van der Waals surface area contributed by atoms with Gasteiger partial charge in [-0.3, -0.25) is 9.59 Å². The van der Waals surface area contributed by atoms with Crippen molar-refractivity contribution in [1.29, 1.82) is 0 Å². The predicted molar refractivity (Wildman–Crippen MR) is 66.2 cm³/mol. The summed E-state index contributed by atoms with van der Waals surface area (Å²) in [5.74, 6) is -1.09. The molecule has 0 aliphatic heterocycles. The smallest absolute Gasteiger partial charge is 0.317 e. The Morgan fingerprint density at radius 1 is 1.17 bits per heavy atom. The number of carbonyl (C=O) groups is 3. The van der Waals surface area contributed by atoms with Crippen molar-refractivity contribution >= 4 is 17.9 Å². The molecule has 0 aliphatic carbocycles. The first-order valence-electron chi connectivity index (χ1n) is 5.85. The Morgan fingerprint density at radius 3 is 2.17 bits per heavy atom. The van der Waals surface area contributed by atoms with Crippen molar-refractivity contribution in [3.8, 4) is 0 Å². The molecule has 104 valence electrons. The van der Waals surface area contributed by atoms with E-state index < -0.39 is 5.97 Å². The Hall–Kier alpha value is -1.79. The maximum Gasteiger partial charge on any atom is 0.317 e. The summed E-state index contributed by atoms with van der Waals surface area (Å²) in [5, 5.41) is 13.8. The fourth-order valence-corrected chi connectivity index (χ4v) is 1.32. The van der Waals surface area contributed by atoms with Crippen LogP contribution in [-0.4, -0.2) is 53.6 Å². The zero-order valence-electron chi connectivity index (χ0n) is 11.0. The van der Waals surface area contributed by atoms with Crippen molar-refractivity contribution in [3.63, 3.8) is 0 Å². The van der Waals surface area contributed by atoms with Gasteiger partial charge in [0.05, 0.1) is 6.42 Å². The highest BCUT2D eigenvalue weighted by atomic mass is 16.4. The number of carboxylic acid groups (broad SMARTS) is 1. The number of nitrogens with zero attached hydrogens (tertiary/aromatic N) is 1. The molecule has 7 nitrogen and oxygen atoms in total. The quantitative estimate of drug-likeness (QED) is 0.561. The summed E-state index contributed by atoms with van der Waals surface area (Å²) in [4.78, 5) is 34.3. The molecule has 0 radical (unpaired) electrons. The molecule has 0 saturated carbocycles. The van der Waals surface area contributed by atoms with Crippen LogP contribution in [0.15, 0.2) is 0 Å². The van der Waals surface area contributed by atoms with Crippen LogP contribution in [0.2, 0.25) is 0 Å².